The Labute approximate surface area is 148 Å². The number of nitrogens with zero attached hydrogens (tertiary/aromatic N) is 1. The van der Waals surface area contributed by atoms with Gasteiger partial charge in [-0.1, -0.05) is 19.1 Å². The van der Waals surface area contributed by atoms with Gasteiger partial charge < -0.3 is 19.7 Å². The van der Waals surface area contributed by atoms with E-state index in [2.05, 4.69) is 5.32 Å². The first-order valence-corrected chi connectivity index (χ1v) is 9.11. The van der Waals surface area contributed by atoms with E-state index in [1.165, 1.54) is 0 Å². The maximum atomic E-state index is 12.5. The van der Waals surface area contributed by atoms with E-state index < -0.39 is 0 Å². The molecule has 136 valence electrons. The Morgan fingerprint density at radius 2 is 2.08 bits per heavy atom. The highest BCUT2D eigenvalue weighted by atomic mass is 16.6. The molecule has 2 heterocycles. The number of carbonyl (C=O) groups is 2. The third-order valence-electron chi connectivity index (χ3n) is 4.68. The first-order chi connectivity index (χ1) is 12.2. The molecule has 2 aliphatic rings. The van der Waals surface area contributed by atoms with Gasteiger partial charge >= 0.3 is 0 Å². The molecule has 0 bridgehead atoms. The molecule has 1 aromatic carbocycles. The van der Waals surface area contributed by atoms with Crippen LogP contribution in [0.3, 0.4) is 0 Å². The number of benzene rings is 1. The molecular formula is C19H26N2O4. The predicted octanol–water partition coefficient (Wildman–Crippen LogP) is 1.98. The third kappa shape index (κ3) is 4.44. The van der Waals surface area contributed by atoms with Gasteiger partial charge in [0.25, 0.3) is 0 Å². The van der Waals surface area contributed by atoms with E-state index in [-0.39, 0.29) is 23.8 Å². The summed E-state index contributed by atoms with van der Waals surface area (Å²) in [7, 11) is 0. The zero-order valence-corrected chi connectivity index (χ0v) is 14.7. The quantitative estimate of drug-likeness (QED) is 0.885. The molecule has 2 amide bonds. The lowest BCUT2D eigenvalue weighted by Gasteiger charge is -2.32. The van der Waals surface area contributed by atoms with Gasteiger partial charge in [-0.2, -0.15) is 0 Å². The average Bonchev–Trinajstić information content (AvgIpc) is 2.66. The van der Waals surface area contributed by atoms with E-state index in [9.17, 15) is 9.59 Å². The molecule has 2 atom stereocenters. The molecule has 1 aromatic rings. The molecule has 6 nitrogen and oxygen atoms in total. The maximum Gasteiger partial charge on any atom is 0.225 e. The van der Waals surface area contributed by atoms with Crippen molar-refractivity contribution in [1.29, 1.82) is 0 Å². The molecule has 0 saturated carbocycles. The first kappa shape index (κ1) is 17.6. The van der Waals surface area contributed by atoms with Crippen molar-refractivity contribution in [2.45, 2.75) is 38.7 Å². The van der Waals surface area contributed by atoms with Crippen molar-refractivity contribution in [3.8, 4) is 11.5 Å². The van der Waals surface area contributed by atoms with Crippen molar-refractivity contribution in [3.05, 3.63) is 24.3 Å². The maximum absolute atomic E-state index is 12.5. The fourth-order valence-corrected chi connectivity index (χ4v) is 3.31. The van der Waals surface area contributed by atoms with Crippen LogP contribution in [0.5, 0.6) is 11.5 Å². The van der Waals surface area contributed by atoms with E-state index in [1.54, 1.807) is 0 Å². The summed E-state index contributed by atoms with van der Waals surface area (Å²) in [5.74, 6) is 1.47. The van der Waals surface area contributed by atoms with Crippen LogP contribution in [0.2, 0.25) is 0 Å². The third-order valence-corrected chi connectivity index (χ3v) is 4.68. The Balaban J connectivity index is 1.47. The molecule has 0 spiro atoms. The van der Waals surface area contributed by atoms with Crippen LogP contribution in [-0.2, 0) is 9.59 Å². The van der Waals surface area contributed by atoms with Crippen LogP contribution in [0, 0.1) is 5.92 Å². The van der Waals surface area contributed by atoms with Gasteiger partial charge in [-0.25, -0.2) is 0 Å². The Hall–Kier alpha value is -2.24. The number of hydrogen-bond donors (Lipinski definition) is 1. The number of hydrogen-bond acceptors (Lipinski definition) is 4. The second-order valence-corrected chi connectivity index (χ2v) is 6.67. The molecule has 3 rings (SSSR count). The van der Waals surface area contributed by atoms with Crippen molar-refractivity contribution in [1.82, 2.24) is 10.2 Å². The lowest BCUT2D eigenvalue weighted by Crippen LogP contribution is -2.48. The largest absolute Gasteiger partial charge is 0.486 e. The number of fused-ring (bicyclic) bond motifs is 1. The summed E-state index contributed by atoms with van der Waals surface area (Å²) in [4.78, 5) is 26.3. The number of nitrogens with one attached hydrogen (secondary N) is 1. The van der Waals surface area contributed by atoms with Gasteiger partial charge in [0.1, 0.15) is 12.7 Å². The van der Waals surface area contributed by atoms with Crippen molar-refractivity contribution in [2.24, 2.45) is 5.92 Å². The fourth-order valence-electron chi connectivity index (χ4n) is 3.31. The highest BCUT2D eigenvalue weighted by Gasteiger charge is 2.29. The Morgan fingerprint density at radius 1 is 1.28 bits per heavy atom. The van der Waals surface area contributed by atoms with Crippen molar-refractivity contribution in [3.63, 3.8) is 0 Å². The van der Waals surface area contributed by atoms with E-state index in [1.807, 2.05) is 36.1 Å². The number of amides is 2. The van der Waals surface area contributed by atoms with E-state index in [4.69, 9.17) is 9.47 Å². The molecular weight excluding hydrogens is 320 g/mol. The molecule has 6 heteroatoms. The van der Waals surface area contributed by atoms with E-state index in [0.29, 0.717) is 31.9 Å². The Morgan fingerprint density at radius 3 is 2.88 bits per heavy atom. The van der Waals surface area contributed by atoms with Crippen LogP contribution in [0.15, 0.2) is 24.3 Å². The lowest BCUT2D eigenvalue weighted by molar-refractivity contribution is -0.135. The summed E-state index contributed by atoms with van der Waals surface area (Å²) >= 11 is 0. The van der Waals surface area contributed by atoms with Crippen LogP contribution in [0.1, 0.15) is 32.6 Å². The lowest BCUT2D eigenvalue weighted by atomic mass is 9.96. The molecule has 25 heavy (non-hydrogen) atoms. The second kappa shape index (κ2) is 8.23. The van der Waals surface area contributed by atoms with Gasteiger partial charge in [-0.3, -0.25) is 9.59 Å². The van der Waals surface area contributed by atoms with Crippen LogP contribution in [-0.4, -0.2) is 49.1 Å². The number of piperidine rings is 1. The SMILES string of the molecule is CCCC(=O)N1CCCC(C(=O)NCC2COc3ccccc3O2)C1. The van der Waals surface area contributed by atoms with Gasteiger partial charge in [0.05, 0.1) is 12.5 Å². The molecule has 2 aliphatic heterocycles. The summed E-state index contributed by atoms with van der Waals surface area (Å²) in [6, 6.07) is 7.53. The molecule has 0 radical (unpaired) electrons. The molecule has 0 aliphatic carbocycles. The van der Waals surface area contributed by atoms with Crippen molar-refractivity contribution in [2.75, 3.05) is 26.2 Å². The minimum atomic E-state index is -0.194. The van der Waals surface area contributed by atoms with Crippen molar-refractivity contribution < 1.29 is 19.1 Å². The average molecular weight is 346 g/mol. The van der Waals surface area contributed by atoms with Crippen molar-refractivity contribution >= 4 is 11.8 Å². The summed E-state index contributed by atoms with van der Waals surface area (Å²) in [5.41, 5.74) is 0. The topological polar surface area (TPSA) is 67.9 Å². The van der Waals surface area contributed by atoms with Gasteiger partial charge in [-0.15, -0.1) is 0 Å². The minimum absolute atomic E-state index is 0.00328. The normalized spacial score (nSPS) is 22.4. The minimum Gasteiger partial charge on any atom is -0.486 e. The number of likely N-dealkylation sites (tertiary alicyclic amines) is 1. The van der Waals surface area contributed by atoms with Crippen LogP contribution in [0.25, 0.3) is 0 Å². The van der Waals surface area contributed by atoms with Crippen LogP contribution < -0.4 is 14.8 Å². The zero-order chi connectivity index (χ0) is 17.6. The second-order valence-electron chi connectivity index (χ2n) is 6.67. The standard InChI is InChI=1S/C19H26N2O4/c1-2-6-18(22)21-10-5-7-14(12-21)19(23)20-11-15-13-24-16-8-3-4-9-17(16)25-15/h3-4,8-9,14-15H,2,5-7,10-13H2,1H3,(H,20,23). The van der Waals surface area contributed by atoms with Gasteiger partial charge in [0.2, 0.25) is 11.8 Å². The van der Waals surface area contributed by atoms with Gasteiger partial charge in [0, 0.05) is 19.5 Å². The summed E-state index contributed by atoms with van der Waals surface area (Å²) in [6.07, 6.45) is 2.91. The highest BCUT2D eigenvalue weighted by Crippen LogP contribution is 2.30. The zero-order valence-electron chi connectivity index (χ0n) is 14.7. The van der Waals surface area contributed by atoms with Crippen LogP contribution >= 0.6 is 0 Å². The monoisotopic (exact) mass is 346 g/mol. The Bertz CT molecular complexity index is 619. The first-order valence-electron chi connectivity index (χ1n) is 9.11. The summed E-state index contributed by atoms with van der Waals surface area (Å²) in [5, 5.41) is 2.96. The van der Waals surface area contributed by atoms with E-state index in [0.717, 1.165) is 31.6 Å². The molecule has 1 N–H and O–H groups in total. The number of para-hydroxylation sites is 2. The van der Waals surface area contributed by atoms with Gasteiger partial charge in [-0.05, 0) is 31.4 Å². The smallest absolute Gasteiger partial charge is 0.225 e. The molecule has 0 aromatic heterocycles. The molecule has 1 saturated heterocycles. The predicted molar refractivity (Wildman–Crippen MR) is 93.6 cm³/mol. The summed E-state index contributed by atoms with van der Waals surface area (Å²) in [6.45, 7) is 4.11. The summed E-state index contributed by atoms with van der Waals surface area (Å²) < 4.78 is 11.5. The number of carbonyl (C=O) groups excluding carboxylic acids is 2. The fraction of sp³-hybridized carbons (Fsp3) is 0.579. The van der Waals surface area contributed by atoms with Gasteiger partial charge in [0.15, 0.2) is 11.5 Å². The number of rotatable bonds is 5. The highest BCUT2D eigenvalue weighted by molar-refractivity contribution is 5.81. The van der Waals surface area contributed by atoms with E-state index >= 15 is 0 Å². The number of ether oxygens (including phenoxy) is 2. The Kier molecular flexibility index (Phi) is 5.79. The van der Waals surface area contributed by atoms with Crippen LogP contribution in [0.4, 0.5) is 0 Å². The molecule has 2 unspecified atom stereocenters. The molecule has 1 fully saturated rings.